The molecule has 1 fully saturated rings. The second-order valence-electron chi connectivity index (χ2n) is 4.56. The summed E-state index contributed by atoms with van der Waals surface area (Å²) in [6.45, 7) is 2.24. The molecule has 3 amide bonds. The number of carbonyl (C=O) groups is 2. The SMILES string of the molecule is CCC1(c2ccc(Cl)c(Cl)c2)NC(=O)N(CCN)C1=O. The van der Waals surface area contributed by atoms with Crippen molar-refractivity contribution in [3.63, 3.8) is 0 Å². The molecule has 1 unspecified atom stereocenters. The minimum Gasteiger partial charge on any atom is -0.329 e. The molecule has 1 atom stereocenters. The van der Waals surface area contributed by atoms with Crippen molar-refractivity contribution in [1.29, 1.82) is 0 Å². The van der Waals surface area contributed by atoms with Gasteiger partial charge in [-0.3, -0.25) is 9.69 Å². The van der Waals surface area contributed by atoms with Gasteiger partial charge in [0.05, 0.1) is 10.0 Å². The molecule has 0 aromatic heterocycles. The second kappa shape index (κ2) is 5.60. The average molecular weight is 316 g/mol. The maximum atomic E-state index is 12.6. The Morgan fingerprint density at radius 1 is 1.30 bits per heavy atom. The van der Waals surface area contributed by atoms with Gasteiger partial charge in [-0.2, -0.15) is 0 Å². The van der Waals surface area contributed by atoms with E-state index in [1.54, 1.807) is 18.2 Å². The van der Waals surface area contributed by atoms with Crippen LogP contribution in [0.15, 0.2) is 18.2 Å². The van der Waals surface area contributed by atoms with Gasteiger partial charge in [0, 0.05) is 13.1 Å². The van der Waals surface area contributed by atoms with Gasteiger partial charge in [0.2, 0.25) is 0 Å². The summed E-state index contributed by atoms with van der Waals surface area (Å²) in [6, 6.07) is 4.48. The van der Waals surface area contributed by atoms with Crippen LogP contribution in [0.3, 0.4) is 0 Å². The fourth-order valence-electron chi connectivity index (χ4n) is 2.36. The number of hydrogen-bond donors (Lipinski definition) is 2. The van der Waals surface area contributed by atoms with Crippen molar-refractivity contribution in [1.82, 2.24) is 10.2 Å². The van der Waals surface area contributed by atoms with E-state index >= 15 is 0 Å². The highest BCUT2D eigenvalue weighted by Crippen LogP contribution is 2.35. The van der Waals surface area contributed by atoms with Crippen LogP contribution in [0.4, 0.5) is 4.79 Å². The molecule has 0 spiro atoms. The van der Waals surface area contributed by atoms with E-state index in [1.807, 2.05) is 6.92 Å². The lowest BCUT2D eigenvalue weighted by Gasteiger charge is -2.26. The lowest BCUT2D eigenvalue weighted by Crippen LogP contribution is -2.43. The number of carbonyl (C=O) groups excluding carboxylic acids is 2. The van der Waals surface area contributed by atoms with Gasteiger partial charge in [0.15, 0.2) is 0 Å². The summed E-state index contributed by atoms with van der Waals surface area (Å²) in [4.78, 5) is 25.7. The van der Waals surface area contributed by atoms with Crippen LogP contribution in [0.2, 0.25) is 10.0 Å². The lowest BCUT2D eigenvalue weighted by molar-refractivity contribution is -0.131. The number of nitrogens with two attached hydrogens (primary N) is 1. The summed E-state index contributed by atoms with van der Waals surface area (Å²) in [5, 5.41) is 3.49. The first kappa shape index (κ1) is 15.1. The molecule has 20 heavy (non-hydrogen) atoms. The third kappa shape index (κ3) is 2.26. The van der Waals surface area contributed by atoms with Crippen LogP contribution in [0, 0.1) is 0 Å². The van der Waals surface area contributed by atoms with Gasteiger partial charge in [-0.05, 0) is 24.1 Å². The maximum Gasteiger partial charge on any atom is 0.325 e. The predicted molar refractivity (Wildman–Crippen MR) is 77.7 cm³/mol. The van der Waals surface area contributed by atoms with Crippen LogP contribution in [0.5, 0.6) is 0 Å². The summed E-state index contributed by atoms with van der Waals surface area (Å²) in [5.41, 5.74) is 4.95. The number of rotatable bonds is 4. The molecule has 3 N–H and O–H groups in total. The smallest absolute Gasteiger partial charge is 0.325 e. The summed E-state index contributed by atoms with van der Waals surface area (Å²) in [7, 11) is 0. The molecular weight excluding hydrogens is 301 g/mol. The van der Waals surface area contributed by atoms with Crippen molar-refractivity contribution < 1.29 is 9.59 Å². The Bertz CT molecular complexity index is 565. The molecular formula is C13H15Cl2N3O2. The highest BCUT2D eigenvalue weighted by molar-refractivity contribution is 6.42. The Kier molecular flexibility index (Phi) is 4.22. The van der Waals surface area contributed by atoms with Crippen molar-refractivity contribution in [2.45, 2.75) is 18.9 Å². The molecule has 1 aliphatic heterocycles. The van der Waals surface area contributed by atoms with Gasteiger partial charge >= 0.3 is 6.03 Å². The zero-order chi connectivity index (χ0) is 14.9. The van der Waals surface area contributed by atoms with Gasteiger partial charge < -0.3 is 11.1 Å². The molecule has 0 aliphatic carbocycles. The van der Waals surface area contributed by atoms with Crippen LogP contribution in [-0.4, -0.2) is 29.9 Å². The first-order chi connectivity index (χ1) is 9.46. The summed E-state index contributed by atoms with van der Waals surface area (Å²) >= 11 is 11.9. The van der Waals surface area contributed by atoms with Crippen LogP contribution in [0.1, 0.15) is 18.9 Å². The first-order valence-corrected chi connectivity index (χ1v) is 7.01. The Hall–Kier alpha value is -1.30. The number of hydrogen-bond acceptors (Lipinski definition) is 3. The number of nitrogens with one attached hydrogen (secondary N) is 1. The molecule has 1 saturated heterocycles. The van der Waals surface area contributed by atoms with Crippen LogP contribution >= 0.6 is 23.2 Å². The highest BCUT2D eigenvalue weighted by Gasteiger charge is 2.50. The fourth-order valence-corrected chi connectivity index (χ4v) is 2.66. The monoisotopic (exact) mass is 315 g/mol. The molecule has 0 saturated carbocycles. The predicted octanol–water partition coefficient (Wildman–Crippen LogP) is 2.11. The summed E-state index contributed by atoms with van der Waals surface area (Å²) in [6.07, 6.45) is 0.413. The number of nitrogens with zero attached hydrogens (tertiary/aromatic N) is 1. The molecule has 7 heteroatoms. The van der Waals surface area contributed by atoms with Gasteiger partial charge in [0.1, 0.15) is 5.54 Å². The van der Waals surface area contributed by atoms with E-state index in [9.17, 15) is 9.59 Å². The van der Waals surface area contributed by atoms with Crippen molar-refractivity contribution in [3.8, 4) is 0 Å². The zero-order valence-corrected chi connectivity index (χ0v) is 12.5. The molecule has 2 rings (SSSR count). The third-order valence-corrected chi connectivity index (χ3v) is 4.21. The maximum absolute atomic E-state index is 12.6. The third-order valence-electron chi connectivity index (χ3n) is 3.47. The molecule has 5 nitrogen and oxygen atoms in total. The Labute approximate surface area is 127 Å². The van der Waals surface area contributed by atoms with E-state index in [1.165, 1.54) is 0 Å². The molecule has 108 valence electrons. The summed E-state index contributed by atoms with van der Waals surface area (Å²) < 4.78 is 0. The molecule has 1 aliphatic rings. The quantitative estimate of drug-likeness (QED) is 0.835. The Morgan fingerprint density at radius 3 is 2.55 bits per heavy atom. The van der Waals surface area contributed by atoms with Gasteiger partial charge in [-0.15, -0.1) is 0 Å². The Balaban J connectivity index is 2.47. The average Bonchev–Trinajstić information content (AvgIpc) is 2.67. The Morgan fingerprint density at radius 2 is 2.00 bits per heavy atom. The van der Waals surface area contributed by atoms with Crippen LogP contribution in [0.25, 0.3) is 0 Å². The van der Waals surface area contributed by atoms with Crippen LogP contribution < -0.4 is 11.1 Å². The molecule has 0 radical (unpaired) electrons. The second-order valence-corrected chi connectivity index (χ2v) is 5.38. The van der Waals surface area contributed by atoms with Gasteiger partial charge in [-0.25, -0.2) is 4.79 Å². The first-order valence-electron chi connectivity index (χ1n) is 6.26. The van der Waals surface area contributed by atoms with E-state index in [0.29, 0.717) is 22.0 Å². The van der Waals surface area contributed by atoms with Crippen molar-refractivity contribution in [3.05, 3.63) is 33.8 Å². The molecule has 1 heterocycles. The number of urea groups is 1. The normalized spacial score (nSPS) is 22.3. The van der Waals surface area contributed by atoms with Gasteiger partial charge in [0.25, 0.3) is 5.91 Å². The van der Waals surface area contributed by atoms with E-state index in [-0.39, 0.29) is 19.0 Å². The fraction of sp³-hybridized carbons (Fsp3) is 0.385. The van der Waals surface area contributed by atoms with E-state index in [4.69, 9.17) is 28.9 Å². The van der Waals surface area contributed by atoms with E-state index in [2.05, 4.69) is 5.32 Å². The standard InChI is InChI=1S/C13H15Cl2N3O2/c1-2-13(8-3-4-9(14)10(15)7-8)11(19)18(6-5-16)12(20)17-13/h3-4,7H,2,5-6,16H2,1H3,(H,17,20). The summed E-state index contributed by atoms with van der Waals surface area (Å²) in [5.74, 6) is -0.311. The highest BCUT2D eigenvalue weighted by atomic mass is 35.5. The lowest BCUT2D eigenvalue weighted by atomic mass is 9.87. The molecule has 0 bridgehead atoms. The topological polar surface area (TPSA) is 75.4 Å². The number of halogens is 2. The van der Waals surface area contributed by atoms with Gasteiger partial charge in [-0.1, -0.05) is 36.2 Å². The largest absolute Gasteiger partial charge is 0.329 e. The zero-order valence-electron chi connectivity index (χ0n) is 11.0. The molecule has 1 aromatic rings. The minimum absolute atomic E-state index is 0.188. The number of amides is 3. The number of benzene rings is 1. The van der Waals surface area contributed by atoms with Crippen molar-refractivity contribution in [2.75, 3.05) is 13.1 Å². The van der Waals surface area contributed by atoms with Crippen molar-refractivity contribution in [2.24, 2.45) is 5.73 Å². The van der Waals surface area contributed by atoms with Crippen molar-refractivity contribution >= 4 is 35.1 Å². The molecule has 1 aromatic carbocycles. The van der Waals surface area contributed by atoms with E-state index in [0.717, 1.165) is 4.90 Å². The van der Waals surface area contributed by atoms with Crippen LogP contribution in [-0.2, 0) is 10.3 Å². The minimum atomic E-state index is -1.10. The van der Waals surface area contributed by atoms with E-state index < -0.39 is 11.6 Å². The number of imide groups is 1.